The van der Waals surface area contributed by atoms with Crippen LogP contribution in [0, 0.1) is 0 Å². The molecule has 0 aromatic carbocycles. The van der Waals surface area contributed by atoms with Gasteiger partial charge in [-0.05, 0) is 6.42 Å². The van der Waals surface area contributed by atoms with E-state index in [4.69, 9.17) is 9.84 Å². The highest BCUT2D eigenvalue weighted by Gasteiger charge is 2.34. The Balaban J connectivity index is 2.35. The van der Waals surface area contributed by atoms with Crippen molar-refractivity contribution in [1.29, 1.82) is 0 Å². The number of carboxylic acids is 1. The van der Waals surface area contributed by atoms with E-state index in [0.717, 1.165) is 19.3 Å². The lowest BCUT2D eigenvalue weighted by Gasteiger charge is -2.09. The number of carboxylic acid groups (broad SMARTS) is 1. The molecule has 0 spiro atoms. The Kier molecular flexibility index (Phi) is 4.07. The highest BCUT2D eigenvalue weighted by atomic mass is 16.5. The van der Waals surface area contributed by atoms with Crippen LogP contribution >= 0.6 is 0 Å². The molecule has 14 heavy (non-hydrogen) atoms. The normalized spacial score (nSPS) is 26.8. The van der Waals surface area contributed by atoms with Gasteiger partial charge in [-0.25, -0.2) is 0 Å². The van der Waals surface area contributed by atoms with Gasteiger partial charge < -0.3 is 9.84 Å². The standard InChI is InChI=1S/C10H16O4/c1-2-3-4-7-5-8(11)9(14-7)6-10(12)13/h7,9H,2-6H2,1H3,(H,12,13)/t7-,9-/m0/s1. The fourth-order valence-corrected chi connectivity index (χ4v) is 1.63. The fourth-order valence-electron chi connectivity index (χ4n) is 1.63. The Morgan fingerprint density at radius 3 is 2.93 bits per heavy atom. The first-order valence-electron chi connectivity index (χ1n) is 5.03. The van der Waals surface area contributed by atoms with Crippen LogP contribution in [0.2, 0.25) is 0 Å². The second kappa shape index (κ2) is 5.10. The van der Waals surface area contributed by atoms with Gasteiger partial charge in [0.05, 0.1) is 12.5 Å². The number of unbranched alkanes of at least 4 members (excludes halogenated alkanes) is 1. The van der Waals surface area contributed by atoms with Crippen molar-refractivity contribution in [2.75, 3.05) is 0 Å². The van der Waals surface area contributed by atoms with Crippen LogP contribution < -0.4 is 0 Å². The van der Waals surface area contributed by atoms with Crippen molar-refractivity contribution in [2.45, 2.75) is 51.2 Å². The third kappa shape index (κ3) is 3.10. The summed E-state index contributed by atoms with van der Waals surface area (Å²) in [5.74, 6) is -1.03. The second-order valence-electron chi connectivity index (χ2n) is 3.66. The van der Waals surface area contributed by atoms with Crippen LogP contribution in [0.1, 0.15) is 39.0 Å². The summed E-state index contributed by atoms with van der Waals surface area (Å²) in [5, 5.41) is 8.52. The number of carbonyl (C=O) groups excluding carboxylic acids is 1. The monoisotopic (exact) mass is 200 g/mol. The molecule has 0 radical (unpaired) electrons. The van der Waals surface area contributed by atoms with Crippen molar-refractivity contribution in [2.24, 2.45) is 0 Å². The largest absolute Gasteiger partial charge is 0.481 e. The Hall–Kier alpha value is -0.900. The average molecular weight is 200 g/mol. The van der Waals surface area contributed by atoms with E-state index in [0.29, 0.717) is 6.42 Å². The molecule has 1 saturated heterocycles. The van der Waals surface area contributed by atoms with Crippen LogP contribution in [0.4, 0.5) is 0 Å². The number of rotatable bonds is 5. The van der Waals surface area contributed by atoms with Crippen LogP contribution in [0.15, 0.2) is 0 Å². The predicted octanol–water partition coefficient (Wildman–Crippen LogP) is 1.38. The molecule has 0 aromatic rings. The topological polar surface area (TPSA) is 63.6 Å². The lowest BCUT2D eigenvalue weighted by atomic mass is 10.1. The van der Waals surface area contributed by atoms with E-state index in [-0.39, 0.29) is 18.3 Å². The highest BCUT2D eigenvalue weighted by Crippen LogP contribution is 2.22. The molecule has 0 unspecified atom stereocenters. The van der Waals surface area contributed by atoms with Gasteiger partial charge in [0.15, 0.2) is 5.78 Å². The molecular weight excluding hydrogens is 184 g/mol. The van der Waals surface area contributed by atoms with Crippen molar-refractivity contribution in [3.8, 4) is 0 Å². The summed E-state index contributed by atoms with van der Waals surface area (Å²) in [6.07, 6.45) is 2.40. The summed E-state index contributed by atoms with van der Waals surface area (Å²) in [4.78, 5) is 21.7. The van der Waals surface area contributed by atoms with Crippen molar-refractivity contribution in [3.63, 3.8) is 0 Å². The molecule has 0 bridgehead atoms. The van der Waals surface area contributed by atoms with E-state index in [1.807, 2.05) is 0 Å². The Bertz CT molecular complexity index is 224. The van der Waals surface area contributed by atoms with Gasteiger partial charge in [-0.15, -0.1) is 0 Å². The lowest BCUT2D eigenvalue weighted by molar-refractivity contribution is -0.142. The van der Waals surface area contributed by atoms with Crippen LogP contribution in [0.25, 0.3) is 0 Å². The minimum atomic E-state index is -0.973. The summed E-state index contributed by atoms with van der Waals surface area (Å²) in [5.41, 5.74) is 0. The summed E-state index contributed by atoms with van der Waals surface area (Å²) in [6, 6.07) is 0. The molecule has 1 fully saturated rings. The molecule has 0 aromatic heterocycles. The smallest absolute Gasteiger partial charge is 0.306 e. The number of Topliss-reactive ketones (excluding diaryl/α,β-unsaturated/α-hetero) is 1. The quantitative estimate of drug-likeness (QED) is 0.728. The third-order valence-electron chi connectivity index (χ3n) is 2.38. The SMILES string of the molecule is CCCC[C@H]1CC(=O)[C@H](CC(=O)O)O1. The van der Waals surface area contributed by atoms with Gasteiger partial charge in [-0.3, -0.25) is 9.59 Å². The molecule has 0 amide bonds. The average Bonchev–Trinajstić information content (AvgIpc) is 2.43. The minimum absolute atomic E-state index is 0.0493. The molecule has 4 heteroatoms. The van der Waals surface area contributed by atoms with Crippen molar-refractivity contribution in [1.82, 2.24) is 0 Å². The Labute approximate surface area is 83.2 Å². The highest BCUT2D eigenvalue weighted by molar-refractivity contribution is 5.88. The molecule has 1 N–H and O–H groups in total. The first-order chi connectivity index (χ1) is 6.63. The predicted molar refractivity (Wildman–Crippen MR) is 50.1 cm³/mol. The molecule has 0 saturated carbocycles. The van der Waals surface area contributed by atoms with E-state index in [2.05, 4.69) is 6.92 Å². The zero-order chi connectivity index (χ0) is 10.6. The van der Waals surface area contributed by atoms with Gasteiger partial charge in [0.1, 0.15) is 6.10 Å². The van der Waals surface area contributed by atoms with E-state index in [1.54, 1.807) is 0 Å². The lowest BCUT2D eigenvalue weighted by Crippen LogP contribution is -2.20. The summed E-state index contributed by atoms with van der Waals surface area (Å²) in [6.45, 7) is 2.07. The van der Waals surface area contributed by atoms with E-state index in [1.165, 1.54) is 0 Å². The van der Waals surface area contributed by atoms with Crippen LogP contribution in [-0.4, -0.2) is 29.1 Å². The molecule has 0 aliphatic carbocycles. The van der Waals surface area contributed by atoms with Crippen molar-refractivity contribution >= 4 is 11.8 Å². The maximum absolute atomic E-state index is 11.3. The van der Waals surface area contributed by atoms with E-state index < -0.39 is 12.1 Å². The van der Waals surface area contributed by atoms with Gasteiger partial charge >= 0.3 is 5.97 Å². The number of aliphatic carboxylic acids is 1. The van der Waals surface area contributed by atoms with Gasteiger partial charge in [0, 0.05) is 6.42 Å². The zero-order valence-corrected chi connectivity index (χ0v) is 8.36. The molecule has 1 aliphatic rings. The second-order valence-corrected chi connectivity index (χ2v) is 3.66. The molecule has 1 rings (SSSR count). The number of hydrogen-bond acceptors (Lipinski definition) is 3. The number of ether oxygens (including phenoxy) is 1. The number of hydrogen-bond donors (Lipinski definition) is 1. The summed E-state index contributed by atoms with van der Waals surface area (Å²) < 4.78 is 5.36. The minimum Gasteiger partial charge on any atom is -0.481 e. The molecule has 1 heterocycles. The summed E-state index contributed by atoms with van der Waals surface area (Å²) >= 11 is 0. The van der Waals surface area contributed by atoms with E-state index >= 15 is 0 Å². The molecule has 80 valence electrons. The number of ketones is 1. The summed E-state index contributed by atoms with van der Waals surface area (Å²) in [7, 11) is 0. The zero-order valence-electron chi connectivity index (χ0n) is 8.36. The van der Waals surface area contributed by atoms with Crippen LogP contribution in [0.3, 0.4) is 0 Å². The van der Waals surface area contributed by atoms with Gasteiger partial charge in [0.25, 0.3) is 0 Å². The van der Waals surface area contributed by atoms with Gasteiger partial charge in [0.2, 0.25) is 0 Å². The molecule has 2 atom stereocenters. The van der Waals surface area contributed by atoms with Crippen molar-refractivity contribution in [3.05, 3.63) is 0 Å². The number of carbonyl (C=O) groups is 2. The molecular formula is C10H16O4. The Morgan fingerprint density at radius 1 is 1.64 bits per heavy atom. The maximum Gasteiger partial charge on any atom is 0.306 e. The van der Waals surface area contributed by atoms with Crippen LogP contribution in [0.5, 0.6) is 0 Å². The molecule has 4 nitrogen and oxygen atoms in total. The molecule has 1 aliphatic heterocycles. The van der Waals surface area contributed by atoms with Crippen LogP contribution in [-0.2, 0) is 14.3 Å². The third-order valence-corrected chi connectivity index (χ3v) is 2.38. The van der Waals surface area contributed by atoms with E-state index in [9.17, 15) is 9.59 Å². The fraction of sp³-hybridized carbons (Fsp3) is 0.800. The maximum atomic E-state index is 11.3. The van der Waals surface area contributed by atoms with Crippen molar-refractivity contribution < 1.29 is 19.4 Å². The first-order valence-corrected chi connectivity index (χ1v) is 5.03. The van der Waals surface area contributed by atoms with Gasteiger partial charge in [-0.2, -0.15) is 0 Å². The Morgan fingerprint density at radius 2 is 2.36 bits per heavy atom. The first kappa shape index (κ1) is 11.2. The van der Waals surface area contributed by atoms with Gasteiger partial charge in [-0.1, -0.05) is 19.8 Å².